The van der Waals surface area contributed by atoms with E-state index in [1.807, 2.05) is 0 Å². The summed E-state index contributed by atoms with van der Waals surface area (Å²) in [4.78, 5) is 9.99. The molecule has 0 aliphatic rings. The number of aliphatic carboxylic acids is 1. The molecule has 1 aromatic carbocycles. The van der Waals surface area contributed by atoms with Gasteiger partial charge in [0, 0.05) is 5.69 Å². The fourth-order valence-electron chi connectivity index (χ4n) is 1.78. The highest BCUT2D eigenvalue weighted by Gasteiger charge is 2.37. The van der Waals surface area contributed by atoms with Gasteiger partial charge in [-0.2, -0.15) is 13.2 Å². The van der Waals surface area contributed by atoms with Crippen LogP contribution in [0.2, 0.25) is 0 Å². The fraction of sp³-hybridized carbons (Fsp3) is 0.417. The van der Waals surface area contributed by atoms with Crippen molar-refractivity contribution in [3.05, 3.63) is 23.8 Å². The minimum Gasteiger partial charge on any atom is -0.480 e. The fourth-order valence-corrected chi connectivity index (χ4v) is 2.52. The first-order valence-electron chi connectivity index (χ1n) is 6.07. The molecule has 0 aliphatic heterocycles. The van der Waals surface area contributed by atoms with Gasteiger partial charge in [0.15, 0.2) is 0 Å². The molecule has 0 aromatic heterocycles. The molecule has 6 nitrogen and oxygen atoms in total. The van der Waals surface area contributed by atoms with Crippen molar-refractivity contribution in [1.82, 2.24) is 0 Å². The van der Waals surface area contributed by atoms with Gasteiger partial charge in [-0.15, -0.1) is 0 Å². The first kappa shape index (κ1) is 18.2. The van der Waals surface area contributed by atoms with Crippen molar-refractivity contribution in [1.29, 1.82) is 0 Å². The molecule has 0 amide bonds. The van der Waals surface area contributed by atoms with E-state index in [1.165, 1.54) is 0 Å². The van der Waals surface area contributed by atoms with Gasteiger partial charge in [-0.3, -0.25) is 0 Å². The lowest BCUT2D eigenvalue weighted by Crippen LogP contribution is -2.34. The molecule has 1 aromatic rings. The average Bonchev–Trinajstić information content (AvgIpc) is 2.32. The topological polar surface area (TPSA) is 109 Å². The van der Waals surface area contributed by atoms with E-state index in [9.17, 15) is 26.4 Å². The maximum absolute atomic E-state index is 12.9. The molecule has 22 heavy (non-hydrogen) atoms. The number of sulfonamides is 1. The van der Waals surface area contributed by atoms with Crippen LogP contribution in [0.4, 0.5) is 18.9 Å². The zero-order valence-corrected chi connectivity index (χ0v) is 12.5. The zero-order chi connectivity index (χ0) is 17.3. The van der Waals surface area contributed by atoms with Gasteiger partial charge >= 0.3 is 12.1 Å². The van der Waals surface area contributed by atoms with Crippen molar-refractivity contribution in [3.63, 3.8) is 0 Å². The standard InChI is InChI=1S/C12H15F3N2O4S/c1-6(2)10(11(18)19)17-7-3-4-9(22(16,20)21)8(5-7)12(13,14)15/h3-6,10,17H,1-2H3,(H,18,19)(H2,16,20,21)/t10-/m0/s1. The lowest BCUT2D eigenvalue weighted by atomic mass is 10.0. The van der Waals surface area contributed by atoms with Gasteiger partial charge in [-0.05, 0) is 24.1 Å². The van der Waals surface area contributed by atoms with E-state index < -0.39 is 44.6 Å². The van der Waals surface area contributed by atoms with Crippen LogP contribution >= 0.6 is 0 Å². The van der Waals surface area contributed by atoms with Crippen LogP contribution in [0.25, 0.3) is 0 Å². The van der Waals surface area contributed by atoms with Crippen molar-refractivity contribution in [2.24, 2.45) is 11.1 Å². The predicted octanol–water partition coefficient (Wildman–Crippen LogP) is 1.87. The quantitative estimate of drug-likeness (QED) is 0.758. The maximum Gasteiger partial charge on any atom is 0.417 e. The second-order valence-electron chi connectivity index (χ2n) is 4.96. The molecule has 10 heteroatoms. The molecule has 1 atom stereocenters. The lowest BCUT2D eigenvalue weighted by molar-refractivity contribution is -0.140. The van der Waals surface area contributed by atoms with E-state index in [0.29, 0.717) is 12.1 Å². The predicted molar refractivity (Wildman–Crippen MR) is 72.7 cm³/mol. The summed E-state index contributed by atoms with van der Waals surface area (Å²) in [5.41, 5.74) is -1.62. The molecular formula is C12H15F3N2O4S. The zero-order valence-electron chi connectivity index (χ0n) is 11.7. The number of carboxylic acid groups (broad SMARTS) is 1. The molecule has 0 spiro atoms. The summed E-state index contributed by atoms with van der Waals surface area (Å²) in [7, 11) is -4.56. The Morgan fingerprint density at radius 1 is 1.32 bits per heavy atom. The van der Waals surface area contributed by atoms with Crippen molar-refractivity contribution in [2.45, 2.75) is 31.0 Å². The molecule has 0 radical (unpaired) electrons. The summed E-state index contributed by atoms with van der Waals surface area (Å²) in [6.07, 6.45) is -4.95. The summed E-state index contributed by atoms with van der Waals surface area (Å²) >= 11 is 0. The Morgan fingerprint density at radius 3 is 2.23 bits per heavy atom. The number of carboxylic acids is 1. The number of carbonyl (C=O) groups is 1. The van der Waals surface area contributed by atoms with Crippen LogP contribution in [0.3, 0.4) is 0 Å². The number of halogens is 3. The Morgan fingerprint density at radius 2 is 1.86 bits per heavy atom. The van der Waals surface area contributed by atoms with Crippen molar-refractivity contribution in [2.75, 3.05) is 5.32 Å². The summed E-state index contributed by atoms with van der Waals surface area (Å²) < 4.78 is 61.3. The van der Waals surface area contributed by atoms with Gasteiger partial charge < -0.3 is 10.4 Å². The summed E-state index contributed by atoms with van der Waals surface area (Å²) in [6, 6.07) is 1.13. The van der Waals surface area contributed by atoms with Gasteiger partial charge in [-0.25, -0.2) is 18.4 Å². The van der Waals surface area contributed by atoms with Crippen molar-refractivity contribution in [3.8, 4) is 0 Å². The molecule has 0 fully saturated rings. The Bertz CT molecular complexity index is 671. The number of alkyl halides is 3. The molecule has 0 heterocycles. The summed E-state index contributed by atoms with van der Waals surface area (Å²) in [5, 5.41) is 16.2. The van der Waals surface area contributed by atoms with Gasteiger partial charge in [0.2, 0.25) is 10.0 Å². The van der Waals surface area contributed by atoms with Gasteiger partial charge in [0.25, 0.3) is 0 Å². The number of hydrogen-bond acceptors (Lipinski definition) is 4. The molecule has 0 saturated carbocycles. The van der Waals surface area contributed by atoms with Crippen LogP contribution < -0.4 is 10.5 Å². The highest BCUT2D eigenvalue weighted by atomic mass is 32.2. The lowest BCUT2D eigenvalue weighted by Gasteiger charge is -2.20. The molecule has 1 rings (SSSR count). The maximum atomic E-state index is 12.9. The van der Waals surface area contributed by atoms with Gasteiger partial charge in [0.05, 0.1) is 10.5 Å². The van der Waals surface area contributed by atoms with E-state index in [1.54, 1.807) is 13.8 Å². The first-order valence-corrected chi connectivity index (χ1v) is 7.62. The van der Waals surface area contributed by atoms with E-state index in [4.69, 9.17) is 10.2 Å². The Kier molecular flexibility index (Phi) is 5.08. The Balaban J connectivity index is 3.35. The molecule has 0 aliphatic carbocycles. The van der Waals surface area contributed by atoms with Gasteiger partial charge in [-0.1, -0.05) is 13.8 Å². The summed E-state index contributed by atoms with van der Waals surface area (Å²) in [5.74, 6) is -1.64. The Hall–Kier alpha value is -1.81. The first-order chi connectivity index (χ1) is 9.84. The highest BCUT2D eigenvalue weighted by Crippen LogP contribution is 2.35. The highest BCUT2D eigenvalue weighted by molar-refractivity contribution is 7.89. The smallest absolute Gasteiger partial charge is 0.417 e. The monoisotopic (exact) mass is 340 g/mol. The van der Waals surface area contributed by atoms with E-state index >= 15 is 0 Å². The third-order valence-corrected chi connectivity index (χ3v) is 3.82. The molecule has 124 valence electrons. The molecular weight excluding hydrogens is 325 g/mol. The summed E-state index contributed by atoms with van der Waals surface area (Å²) in [6.45, 7) is 3.16. The molecule has 0 saturated heterocycles. The minimum absolute atomic E-state index is 0.166. The SMILES string of the molecule is CC(C)[C@H](Nc1ccc(S(N)(=O)=O)c(C(F)(F)F)c1)C(=O)O. The van der Waals surface area contributed by atoms with Crippen LogP contribution in [0.5, 0.6) is 0 Å². The number of benzene rings is 1. The Labute approximate surface area is 125 Å². The molecule has 4 N–H and O–H groups in total. The number of nitrogens with one attached hydrogen (secondary N) is 1. The molecule has 0 unspecified atom stereocenters. The van der Waals surface area contributed by atoms with E-state index in [0.717, 1.165) is 6.07 Å². The number of anilines is 1. The van der Waals surface area contributed by atoms with Crippen LogP contribution in [-0.4, -0.2) is 25.5 Å². The largest absolute Gasteiger partial charge is 0.480 e. The number of hydrogen-bond donors (Lipinski definition) is 3. The van der Waals surface area contributed by atoms with Crippen LogP contribution in [0.1, 0.15) is 19.4 Å². The van der Waals surface area contributed by atoms with Gasteiger partial charge in [0.1, 0.15) is 6.04 Å². The number of nitrogens with two attached hydrogens (primary N) is 1. The van der Waals surface area contributed by atoms with Crippen molar-refractivity contribution >= 4 is 21.7 Å². The van der Waals surface area contributed by atoms with Crippen LogP contribution in [0, 0.1) is 5.92 Å². The number of primary sulfonamides is 1. The number of rotatable bonds is 5. The second kappa shape index (κ2) is 6.13. The van der Waals surface area contributed by atoms with Crippen LogP contribution in [0.15, 0.2) is 23.1 Å². The van der Waals surface area contributed by atoms with E-state index in [2.05, 4.69) is 5.32 Å². The second-order valence-corrected chi connectivity index (χ2v) is 6.49. The van der Waals surface area contributed by atoms with Crippen LogP contribution in [-0.2, 0) is 21.0 Å². The van der Waals surface area contributed by atoms with Crippen molar-refractivity contribution < 1.29 is 31.5 Å². The third kappa shape index (κ3) is 4.34. The minimum atomic E-state index is -4.95. The van der Waals surface area contributed by atoms with E-state index in [-0.39, 0.29) is 5.69 Å². The average molecular weight is 340 g/mol. The molecule has 0 bridgehead atoms. The third-order valence-electron chi connectivity index (χ3n) is 2.85. The normalized spacial score (nSPS) is 14.0.